The van der Waals surface area contributed by atoms with E-state index in [0.717, 1.165) is 5.76 Å². The lowest BCUT2D eigenvalue weighted by atomic mass is 10.2. The van der Waals surface area contributed by atoms with Crippen molar-refractivity contribution in [2.75, 3.05) is 6.61 Å². The zero-order valence-electron chi connectivity index (χ0n) is 9.32. The third-order valence-electron chi connectivity index (χ3n) is 1.90. The summed E-state index contributed by atoms with van der Waals surface area (Å²) in [5, 5.41) is 2.78. The highest BCUT2D eigenvalue weighted by atomic mass is 16.5. The first kappa shape index (κ1) is 11.8. The van der Waals surface area contributed by atoms with Gasteiger partial charge >= 0.3 is 0 Å². The van der Waals surface area contributed by atoms with E-state index in [0.29, 0.717) is 0 Å². The molecule has 4 heteroatoms. The fourth-order valence-corrected chi connectivity index (χ4v) is 1.13. The van der Waals surface area contributed by atoms with E-state index in [1.165, 1.54) is 0 Å². The van der Waals surface area contributed by atoms with Crippen molar-refractivity contribution in [3.8, 4) is 0 Å². The SMILES string of the molecule is CC(C)OCC(=O)N[C@H](C)c1ccco1. The summed E-state index contributed by atoms with van der Waals surface area (Å²) in [6.45, 7) is 5.74. The maximum Gasteiger partial charge on any atom is 0.246 e. The molecule has 0 fully saturated rings. The largest absolute Gasteiger partial charge is 0.467 e. The molecule has 0 saturated heterocycles. The highest BCUT2D eigenvalue weighted by Gasteiger charge is 2.11. The van der Waals surface area contributed by atoms with E-state index in [1.807, 2.05) is 26.8 Å². The van der Waals surface area contributed by atoms with Gasteiger partial charge in [-0.05, 0) is 32.9 Å². The van der Waals surface area contributed by atoms with Gasteiger partial charge in [0.1, 0.15) is 12.4 Å². The minimum atomic E-state index is -0.132. The van der Waals surface area contributed by atoms with E-state index in [4.69, 9.17) is 9.15 Å². The van der Waals surface area contributed by atoms with Crippen molar-refractivity contribution >= 4 is 5.91 Å². The van der Waals surface area contributed by atoms with Gasteiger partial charge < -0.3 is 14.5 Å². The van der Waals surface area contributed by atoms with Gasteiger partial charge in [0.2, 0.25) is 5.91 Å². The van der Waals surface area contributed by atoms with E-state index in [9.17, 15) is 4.79 Å². The molecule has 1 atom stereocenters. The number of furan rings is 1. The second-order valence-electron chi connectivity index (χ2n) is 3.66. The first-order chi connectivity index (χ1) is 7.09. The topological polar surface area (TPSA) is 51.5 Å². The number of hydrogen-bond donors (Lipinski definition) is 1. The van der Waals surface area contributed by atoms with Gasteiger partial charge in [0, 0.05) is 0 Å². The molecule has 0 bridgehead atoms. The quantitative estimate of drug-likeness (QED) is 0.809. The number of amides is 1. The van der Waals surface area contributed by atoms with E-state index >= 15 is 0 Å². The van der Waals surface area contributed by atoms with E-state index in [2.05, 4.69) is 5.32 Å². The molecular formula is C11H17NO3. The Hall–Kier alpha value is -1.29. The van der Waals surface area contributed by atoms with Crippen molar-refractivity contribution in [2.45, 2.75) is 32.9 Å². The first-order valence-corrected chi connectivity index (χ1v) is 5.04. The zero-order valence-corrected chi connectivity index (χ0v) is 9.32. The van der Waals surface area contributed by atoms with E-state index in [-0.39, 0.29) is 24.7 Å². The summed E-state index contributed by atoms with van der Waals surface area (Å²) in [4.78, 5) is 11.4. The standard InChI is InChI=1S/C11H17NO3/c1-8(2)15-7-11(13)12-9(3)10-5-4-6-14-10/h4-6,8-9H,7H2,1-3H3,(H,12,13)/t9-/m1/s1. The van der Waals surface area contributed by atoms with Crippen LogP contribution in [0.25, 0.3) is 0 Å². The third kappa shape index (κ3) is 4.16. The molecular weight excluding hydrogens is 194 g/mol. The summed E-state index contributed by atoms with van der Waals surface area (Å²) < 4.78 is 10.3. The predicted octanol–water partition coefficient (Wildman–Crippen LogP) is 1.88. The van der Waals surface area contributed by atoms with E-state index < -0.39 is 0 Å². The molecule has 0 unspecified atom stereocenters. The molecule has 0 aliphatic rings. The van der Waals surface area contributed by atoms with Crippen molar-refractivity contribution in [1.82, 2.24) is 5.32 Å². The molecule has 84 valence electrons. The van der Waals surface area contributed by atoms with Crippen molar-refractivity contribution in [2.24, 2.45) is 0 Å². The molecule has 0 spiro atoms. The summed E-state index contributed by atoms with van der Waals surface area (Å²) in [6, 6.07) is 3.50. The van der Waals surface area contributed by atoms with Crippen LogP contribution in [0.1, 0.15) is 32.6 Å². The number of ether oxygens (including phenoxy) is 1. The highest BCUT2D eigenvalue weighted by Crippen LogP contribution is 2.11. The molecule has 0 aliphatic heterocycles. The van der Waals surface area contributed by atoms with E-state index in [1.54, 1.807) is 12.3 Å². The van der Waals surface area contributed by atoms with Gasteiger partial charge in [0.15, 0.2) is 0 Å². The van der Waals surface area contributed by atoms with Crippen LogP contribution < -0.4 is 5.32 Å². The molecule has 1 aromatic rings. The Balaban J connectivity index is 2.32. The molecule has 1 amide bonds. The average molecular weight is 211 g/mol. The minimum absolute atomic E-state index is 0.0645. The number of nitrogens with one attached hydrogen (secondary N) is 1. The molecule has 4 nitrogen and oxygen atoms in total. The Morgan fingerprint density at radius 1 is 1.53 bits per heavy atom. The van der Waals surface area contributed by atoms with Gasteiger partial charge in [-0.3, -0.25) is 4.79 Å². The van der Waals surface area contributed by atoms with Crippen LogP contribution in [-0.4, -0.2) is 18.6 Å². The van der Waals surface area contributed by atoms with Gasteiger partial charge in [-0.25, -0.2) is 0 Å². The van der Waals surface area contributed by atoms with Gasteiger partial charge in [-0.1, -0.05) is 0 Å². The molecule has 0 aliphatic carbocycles. The molecule has 1 N–H and O–H groups in total. The monoisotopic (exact) mass is 211 g/mol. The average Bonchev–Trinajstić information content (AvgIpc) is 2.67. The van der Waals surface area contributed by atoms with Crippen molar-refractivity contribution in [1.29, 1.82) is 0 Å². The molecule has 1 rings (SSSR count). The van der Waals surface area contributed by atoms with Gasteiger partial charge in [0.25, 0.3) is 0 Å². The van der Waals surface area contributed by atoms with Gasteiger partial charge in [0.05, 0.1) is 18.4 Å². The lowest BCUT2D eigenvalue weighted by Gasteiger charge is -2.12. The third-order valence-corrected chi connectivity index (χ3v) is 1.90. The Morgan fingerprint density at radius 2 is 2.27 bits per heavy atom. The molecule has 1 aromatic heterocycles. The smallest absolute Gasteiger partial charge is 0.246 e. The maximum absolute atomic E-state index is 11.4. The number of hydrogen-bond acceptors (Lipinski definition) is 3. The van der Waals surface area contributed by atoms with Crippen LogP contribution in [0.4, 0.5) is 0 Å². The fraction of sp³-hybridized carbons (Fsp3) is 0.545. The summed E-state index contributed by atoms with van der Waals surface area (Å²) in [5.74, 6) is 0.612. The van der Waals surface area contributed by atoms with Crippen molar-refractivity contribution in [3.63, 3.8) is 0 Å². The highest BCUT2D eigenvalue weighted by molar-refractivity contribution is 5.77. The Morgan fingerprint density at radius 3 is 2.80 bits per heavy atom. The minimum Gasteiger partial charge on any atom is -0.467 e. The fourth-order valence-electron chi connectivity index (χ4n) is 1.13. The summed E-state index contributed by atoms with van der Waals surface area (Å²) in [6.07, 6.45) is 1.65. The first-order valence-electron chi connectivity index (χ1n) is 5.04. The van der Waals surface area contributed by atoms with Crippen LogP contribution in [0.2, 0.25) is 0 Å². The van der Waals surface area contributed by atoms with Crippen LogP contribution in [0.15, 0.2) is 22.8 Å². The normalized spacial score (nSPS) is 12.8. The van der Waals surface area contributed by atoms with Crippen LogP contribution in [0.5, 0.6) is 0 Å². The predicted molar refractivity (Wildman–Crippen MR) is 56.4 cm³/mol. The van der Waals surface area contributed by atoms with Crippen LogP contribution in [0.3, 0.4) is 0 Å². The number of carbonyl (C=O) groups excluding carboxylic acids is 1. The molecule has 15 heavy (non-hydrogen) atoms. The molecule has 0 radical (unpaired) electrons. The molecule has 1 heterocycles. The zero-order chi connectivity index (χ0) is 11.3. The summed E-state index contributed by atoms with van der Waals surface area (Å²) in [5.41, 5.74) is 0. The Kier molecular flexibility index (Phi) is 4.37. The van der Waals surface area contributed by atoms with Gasteiger partial charge in [-0.2, -0.15) is 0 Å². The van der Waals surface area contributed by atoms with Crippen molar-refractivity contribution < 1.29 is 13.9 Å². The summed E-state index contributed by atoms with van der Waals surface area (Å²) >= 11 is 0. The van der Waals surface area contributed by atoms with Gasteiger partial charge in [-0.15, -0.1) is 0 Å². The van der Waals surface area contributed by atoms with Crippen molar-refractivity contribution in [3.05, 3.63) is 24.2 Å². The van der Waals surface area contributed by atoms with Crippen LogP contribution in [0, 0.1) is 0 Å². The summed E-state index contributed by atoms with van der Waals surface area (Å²) in [7, 11) is 0. The van der Waals surface area contributed by atoms with Crippen LogP contribution in [-0.2, 0) is 9.53 Å². The second-order valence-corrected chi connectivity index (χ2v) is 3.66. The lowest BCUT2D eigenvalue weighted by Crippen LogP contribution is -2.30. The van der Waals surface area contributed by atoms with Crippen LogP contribution >= 0.6 is 0 Å². The molecule has 0 aromatic carbocycles. The Labute approximate surface area is 89.6 Å². The maximum atomic E-state index is 11.4. The number of rotatable bonds is 5. The lowest BCUT2D eigenvalue weighted by molar-refractivity contribution is -0.127. The Bertz CT molecular complexity index is 293. The second kappa shape index (κ2) is 5.56. The number of carbonyl (C=O) groups is 1. The molecule has 0 saturated carbocycles.